The minimum absolute atomic E-state index is 0.0858. The summed E-state index contributed by atoms with van der Waals surface area (Å²) in [6, 6.07) is 18.0. The van der Waals surface area contributed by atoms with Crippen molar-refractivity contribution in [3.05, 3.63) is 75.5 Å². The van der Waals surface area contributed by atoms with Crippen molar-refractivity contribution in [3.8, 4) is 17.0 Å². The molecule has 27 heavy (non-hydrogen) atoms. The van der Waals surface area contributed by atoms with E-state index in [1.165, 1.54) is 6.07 Å². The van der Waals surface area contributed by atoms with Gasteiger partial charge in [0.05, 0.1) is 16.8 Å². The van der Waals surface area contributed by atoms with Gasteiger partial charge in [0.2, 0.25) is 5.91 Å². The topological polar surface area (TPSA) is 84.1 Å². The van der Waals surface area contributed by atoms with Crippen LogP contribution in [0.4, 0.5) is 5.69 Å². The zero-order valence-electron chi connectivity index (χ0n) is 14.4. The third-order valence-corrected chi connectivity index (χ3v) is 4.42. The Morgan fingerprint density at radius 1 is 1.11 bits per heavy atom. The fourth-order valence-electron chi connectivity index (χ4n) is 2.46. The molecule has 2 N–H and O–H groups in total. The number of halogens is 1. The van der Waals surface area contributed by atoms with Gasteiger partial charge >= 0.3 is 0 Å². The average Bonchev–Trinajstić information content (AvgIpc) is 2.67. The molecule has 3 aromatic rings. The third-order valence-electron chi connectivity index (χ3n) is 3.76. The fraction of sp³-hybridized carbons (Fsp3) is 0.150. The van der Waals surface area contributed by atoms with Gasteiger partial charge in [0.25, 0.3) is 5.56 Å². The van der Waals surface area contributed by atoms with Crippen LogP contribution in [0.1, 0.15) is 12.8 Å². The first-order valence-electron chi connectivity index (χ1n) is 8.45. The van der Waals surface area contributed by atoms with Crippen molar-refractivity contribution < 1.29 is 9.53 Å². The Morgan fingerprint density at radius 2 is 1.96 bits per heavy atom. The van der Waals surface area contributed by atoms with Crippen LogP contribution in [0.15, 0.2) is 69.9 Å². The molecule has 1 heterocycles. The first-order valence-corrected chi connectivity index (χ1v) is 9.24. The first kappa shape index (κ1) is 18.8. The minimum atomic E-state index is -0.257. The van der Waals surface area contributed by atoms with Crippen LogP contribution >= 0.6 is 15.9 Å². The maximum Gasteiger partial charge on any atom is 0.264 e. The second-order valence-electron chi connectivity index (χ2n) is 5.82. The largest absolute Gasteiger partial charge is 0.492 e. The Hall–Kier alpha value is -2.93. The highest BCUT2D eigenvalue weighted by atomic mass is 79.9. The number of benzene rings is 2. The van der Waals surface area contributed by atoms with Crippen LogP contribution in [0.5, 0.6) is 5.75 Å². The number of carbonyl (C=O) groups excluding carboxylic acids is 1. The fourth-order valence-corrected chi connectivity index (χ4v) is 2.86. The number of ether oxygens (including phenoxy) is 1. The molecule has 0 atom stereocenters. The summed E-state index contributed by atoms with van der Waals surface area (Å²) in [6.45, 7) is 0.456. The lowest BCUT2D eigenvalue weighted by Gasteiger charge is -2.09. The Morgan fingerprint density at radius 3 is 2.74 bits per heavy atom. The van der Waals surface area contributed by atoms with E-state index in [1.807, 2.05) is 48.5 Å². The van der Waals surface area contributed by atoms with E-state index in [0.717, 1.165) is 15.8 Å². The Labute approximate surface area is 164 Å². The lowest BCUT2D eigenvalue weighted by Crippen LogP contribution is -2.13. The molecule has 0 unspecified atom stereocenters. The maximum atomic E-state index is 12.1. The number of carbonyl (C=O) groups is 1. The van der Waals surface area contributed by atoms with E-state index in [1.54, 1.807) is 6.07 Å². The van der Waals surface area contributed by atoms with E-state index >= 15 is 0 Å². The van der Waals surface area contributed by atoms with Crippen molar-refractivity contribution in [1.82, 2.24) is 10.2 Å². The Kier molecular flexibility index (Phi) is 6.38. The van der Waals surface area contributed by atoms with Crippen molar-refractivity contribution in [2.75, 3.05) is 11.9 Å². The molecule has 7 heteroatoms. The Balaban J connectivity index is 1.51. The highest BCUT2D eigenvalue weighted by Gasteiger charge is 2.06. The number of anilines is 1. The number of para-hydroxylation sites is 1. The molecule has 0 aliphatic heterocycles. The second-order valence-corrected chi connectivity index (χ2v) is 6.67. The van der Waals surface area contributed by atoms with Gasteiger partial charge < -0.3 is 10.1 Å². The number of hydrogen-bond acceptors (Lipinski definition) is 4. The summed E-state index contributed by atoms with van der Waals surface area (Å²) < 4.78 is 6.55. The van der Waals surface area contributed by atoms with E-state index in [4.69, 9.17) is 4.74 Å². The molecule has 0 aliphatic rings. The SMILES string of the molecule is O=C(CCCOc1ccccc1Br)Nc1cccc(-c2ccc(=O)[nH]n2)c1. The molecular weight excluding hydrogens is 410 g/mol. The Bertz CT molecular complexity index is 967. The molecule has 0 fully saturated rings. The molecular formula is C20H18BrN3O3. The molecule has 3 rings (SSSR count). The number of rotatable bonds is 7. The van der Waals surface area contributed by atoms with Crippen LogP contribution in [0.25, 0.3) is 11.3 Å². The molecule has 138 valence electrons. The van der Waals surface area contributed by atoms with Gasteiger partial charge in [-0.3, -0.25) is 9.59 Å². The van der Waals surface area contributed by atoms with Gasteiger partial charge in [0, 0.05) is 23.7 Å². The predicted molar refractivity (Wildman–Crippen MR) is 108 cm³/mol. The quantitative estimate of drug-likeness (QED) is 0.558. The number of aromatic nitrogens is 2. The molecule has 0 bridgehead atoms. The number of nitrogens with one attached hydrogen (secondary N) is 2. The van der Waals surface area contributed by atoms with Gasteiger partial charge in [-0.25, -0.2) is 5.10 Å². The second kappa shape index (κ2) is 9.14. The number of hydrogen-bond donors (Lipinski definition) is 2. The van der Waals surface area contributed by atoms with Crippen LogP contribution < -0.4 is 15.6 Å². The molecule has 2 aromatic carbocycles. The molecule has 0 spiro atoms. The van der Waals surface area contributed by atoms with Crippen molar-refractivity contribution in [2.24, 2.45) is 0 Å². The van der Waals surface area contributed by atoms with E-state index in [0.29, 0.717) is 30.8 Å². The zero-order valence-corrected chi connectivity index (χ0v) is 16.0. The van der Waals surface area contributed by atoms with Crippen molar-refractivity contribution in [3.63, 3.8) is 0 Å². The molecule has 1 aromatic heterocycles. The van der Waals surface area contributed by atoms with Crippen LogP contribution in [0, 0.1) is 0 Å². The van der Waals surface area contributed by atoms with Crippen LogP contribution in [-0.2, 0) is 4.79 Å². The molecule has 0 saturated heterocycles. The van der Waals surface area contributed by atoms with Gasteiger partial charge in [-0.15, -0.1) is 0 Å². The average molecular weight is 428 g/mol. The van der Waals surface area contributed by atoms with Crippen molar-refractivity contribution in [1.29, 1.82) is 0 Å². The van der Waals surface area contributed by atoms with Crippen LogP contribution in [-0.4, -0.2) is 22.7 Å². The van der Waals surface area contributed by atoms with Crippen LogP contribution in [0.2, 0.25) is 0 Å². The number of H-pyrrole nitrogens is 1. The summed E-state index contributed by atoms with van der Waals surface area (Å²) >= 11 is 3.42. The first-order chi connectivity index (χ1) is 13.1. The van der Waals surface area contributed by atoms with Gasteiger partial charge in [-0.2, -0.15) is 5.10 Å². The lowest BCUT2D eigenvalue weighted by molar-refractivity contribution is -0.116. The van der Waals surface area contributed by atoms with Gasteiger partial charge in [0.15, 0.2) is 0 Å². The number of nitrogens with zero attached hydrogens (tertiary/aromatic N) is 1. The van der Waals surface area contributed by atoms with E-state index in [2.05, 4.69) is 31.4 Å². The molecule has 0 aliphatic carbocycles. The zero-order chi connectivity index (χ0) is 19.1. The molecule has 6 nitrogen and oxygen atoms in total. The van der Waals surface area contributed by atoms with Gasteiger partial charge in [-0.1, -0.05) is 24.3 Å². The highest BCUT2D eigenvalue weighted by Crippen LogP contribution is 2.24. The van der Waals surface area contributed by atoms with Crippen LogP contribution in [0.3, 0.4) is 0 Å². The summed E-state index contributed by atoms with van der Waals surface area (Å²) in [4.78, 5) is 23.3. The third kappa shape index (κ3) is 5.52. The number of amides is 1. The molecule has 1 amide bonds. The normalized spacial score (nSPS) is 10.4. The van der Waals surface area contributed by atoms with Crippen molar-refractivity contribution in [2.45, 2.75) is 12.8 Å². The van der Waals surface area contributed by atoms with E-state index in [-0.39, 0.29) is 11.5 Å². The summed E-state index contributed by atoms with van der Waals surface area (Å²) in [6.07, 6.45) is 0.958. The standard InChI is InChI=1S/C20H18BrN3O3/c21-16-7-1-2-8-18(16)27-12-4-9-19(25)22-15-6-3-5-14(13-15)17-10-11-20(26)24-23-17/h1-3,5-8,10-11,13H,4,9,12H2,(H,22,25)(H,24,26). The lowest BCUT2D eigenvalue weighted by atomic mass is 10.1. The van der Waals surface area contributed by atoms with Crippen molar-refractivity contribution >= 4 is 27.5 Å². The van der Waals surface area contributed by atoms with E-state index in [9.17, 15) is 9.59 Å². The van der Waals surface area contributed by atoms with Gasteiger partial charge in [-0.05, 0) is 52.7 Å². The summed E-state index contributed by atoms with van der Waals surface area (Å²) in [5, 5.41) is 9.27. The summed E-state index contributed by atoms with van der Waals surface area (Å²) in [7, 11) is 0. The summed E-state index contributed by atoms with van der Waals surface area (Å²) in [5.74, 6) is 0.677. The number of aromatic amines is 1. The highest BCUT2D eigenvalue weighted by molar-refractivity contribution is 9.10. The minimum Gasteiger partial charge on any atom is -0.492 e. The monoisotopic (exact) mass is 427 g/mol. The van der Waals surface area contributed by atoms with E-state index < -0.39 is 0 Å². The molecule has 0 radical (unpaired) electrons. The van der Waals surface area contributed by atoms with Gasteiger partial charge in [0.1, 0.15) is 5.75 Å². The maximum absolute atomic E-state index is 12.1. The predicted octanol–water partition coefficient (Wildman–Crippen LogP) is 4.00. The summed E-state index contributed by atoms with van der Waals surface area (Å²) in [5.41, 5.74) is 1.86. The molecule has 0 saturated carbocycles. The smallest absolute Gasteiger partial charge is 0.264 e.